The number of nitrogens with one attached hydrogen (secondary N) is 1. The molecule has 0 spiro atoms. The summed E-state index contributed by atoms with van der Waals surface area (Å²) in [6, 6.07) is 18.2. The van der Waals surface area contributed by atoms with Crippen LogP contribution in [0.1, 0.15) is 18.4 Å². The fourth-order valence-corrected chi connectivity index (χ4v) is 3.77. The largest absolute Gasteiger partial charge is 0.403 e. The molecule has 4 rings (SSSR count). The van der Waals surface area contributed by atoms with Gasteiger partial charge in [0.25, 0.3) is 0 Å². The minimum Gasteiger partial charge on any atom is -0.403 e. The molecule has 1 saturated heterocycles. The molecule has 0 bridgehead atoms. The first kappa shape index (κ1) is 18.7. The van der Waals surface area contributed by atoms with Gasteiger partial charge in [0.1, 0.15) is 0 Å². The molecule has 144 valence electrons. The molecule has 0 aliphatic carbocycles. The van der Waals surface area contributed by atoms with Crippen LogP contribution < -0.4 is 10.2 Å². The molecular formula is C21H21BrN4O2. The van der Waals surface area contributed by atoms with E-state index in [1.54, 1.807) is 0 Å². The van der Waals surface area contributed by atoms with Gasteiger partial charge in [-0.1, -0.05) is 57.4 Å². The van der Waals surface area contributed by atoms with Gasteiger partial charge in [-0.15, -0.1) is 5.10 Å². The molecule has 1 fully saturated rings. The van der Waals surface area contributed by atoms with Crippen LogP contribution in [0.5, 0.6) is 0 Å². The monoisotopic (exact) mass is 440 g/mol. The summed E-state index contributed by atoms with van der Waals surface area (Å²) in [6.07, 6.45) is 1.54. The quantitative estimate of drug-likeness (QED) is 0.648. The van der Waals surface area contributed by atoms with Crippen molar-refractivity contribution >= 4 is 27.9 Å². The fraction of sp³-hybridized carbons (Fsp3) is 0.286. The van der Waals surface area contributed by atoms with E-state index in [4.69, 9.17) is 4.42 Å². The Balaban J connectivity index is 1.30. The van der Waals surface area contributed by atoms with Crippen molar-refractivity contribution in [1.82, 2.24) is 15.5 Å². The molecule has 0 saturated carbocycles. The normalized spacial score (nSPS) is 14.8. The van der Waals surface area contributed by atoms with E-state index in [2.05, 4.69) is 36.3 Å². The van der Waals surface area contributed by atoms with Crippen LogP contribution in [0.3, 0.4) is 0 Å². The summed E-state index contributed by atoms with van der Waals surface area (Å²) in [5.74, 6) is 0.630. The number of hydrogen-bond donors (Lipinski definition) is 1. The van der Waals surface area contributed by atoms with E-state index in [0.29, 0.717) is 18.5 Å². The van der Waals surface area contributed by atoms with Crippen molar-refractivity contribution in [3.8, 4) is 11.5 Å². The average molecular weight is 441 g/mol. The van der Waals surface area contributed by atoms with Crippen LogP contribution in [-0.4, -0.2) is 29.2 Å². The minimum absolute atomic E-state index is 0.00949. The second-order valence-corrected chi connectivity index (χ2v) is 7.68. The van der Waals surface area contributed by atoms with Gasteiger partial charge in [-0.05, 0) is 36.6 Å². The summed E-state index contributed by atoms with van der Waals surface area (Å²) >= 11 is 3.51. The first-order chi connectivity index (χ1) is 13.7. The van der Waals surface area contributed by atoms with E-state index in [0.717, 1.165) is 41.5 Å². The van der Waals surface area contributed by atoms with Gasteiger partial charge in [0.05, 0.1) is 0 Å². The highest BCUT2D eigenvalue weighted by atomic mass is 79.9. The van der Waals surface area contributed by atoms with Crippen LogP contribution in [0.15, 0.2) is 63.5 Å². The Hall–Kier alpha value is -2.67. The van der Waals surface area contributed by atoms with Gasteiger partial charge in [0.2, 0.25) is 11.8 Å². The lowest BCUT2D eigenvalue weighted by atomic mass is 9.96. The van der Waals surface area contributed by atoms with Crippen molar-refractivity contribution < 1.29 is 9.21 Å². The van der Waals surface area contributed by atoms with Gasteiger partial charge < -0.3 is 14.6 Å². The first-order valence-corrected chi connectivity index (χ1v) is 10.1. The van der Waals surface area contributed by atoms with Crippen LogP contribution in [0, 0.1) is 5.92 Å². The number of halogens is 1. The van der Waals surface area contributed by atoms with Gasteiger partial charge in [0, 0.05) is 35.6 Å². The molecule has 6 nitrogen and oxygen atoms in total. The van der Waals surface area contributed by atoms with E-state index in [-0.39, 0.29) is 11.8 Å². The number of nitrogens with zero attached hydrogens (tertiary/aromatic N) is 3. The Bertz CT molecular complexity index is 936. The second-order valence-electron chi connectivity index (χ2n) is 6.83. The molecule has 0 unspecified atom stereocenters. The Morgan fingerprint density at radius 2 is 1.79 bits per heavy atom. The number of piperidine rings is 1. The van der Waals surface area contributed by atoms with Crippen molar-refractivity contribution in [3.05, 3.63) is 64.6 Å². The lowest BCUT2D eigenvalue weighted by molar-refractivity contribution is -0.125. The smallest absolute Gasteiger partial charge is 0.318 e. The number of carbonyl (C=O) groups is 1. The van der Waals surface area contributed by atoms with E-state index >= 15 is 0 Å². The van der Waals surface area contributed by atoms with Crippen LogP contribution in [-0.2, 0) is 11.3 Å². The summed E-state index contributed by atoms with van der Waals surface area (Å²) in [5.41, 5.74) is 1.98. The Morgan fingerprint density at radius 1 is 1.07 bits per heavy atom. The van der Waals surface area contributed by atoms with Crippen molar-refractivity contribution in [2.75, 3.05) is 18.0 Å². The van der Waals surface area contributed by atoms with Crippen molar-refractivity contribution in [3.63, 3.8) is 0 Å². The number of benzene rings is 2. The third-order valence-electron chi connectivity index (χ3n) is 4.98. The number of carbonyl (C=O) groups excluding carboxylic acids is 1. The van der Waals surface area contributed by atoms with Crippen molar-refractivity contribution in [1.29, 1.82) is 0 Å². The van der Waals surface area contributed by atoms with Crippen LogP contribution in [0.4, 0.5) is 6.01 Å². The zero-order valence-corrected chi connectivity index (χ0v) is 16.9. The highest BCUT2D eigenvalue weighted by Gasteiger charge is 2.27. The molecule has 1 N–H and O–H groups in total. The Labute approximate surface area is 172 Å². The molecule has 0 radical (unpaired) electrons. The third kappa shape index (κ3) is 4.25. The molecule has 0 atom stereocenters. The minimum atomic E-state index is 0.00949. The SMILES string of the molecule is O=C(NCc1ccccc1Br)C1CCN(c2nnc(-c3ccccc3)o2)CC1. The van der Waals surface area contributed by atoms with E-state index < -0.39 is 0 Å². The lowest BCUT2D eigenvalue weighted by Gasteiger charge is -2.29. The van der Waals surface area contributed by atoms with Crippen LogP contribution in [0.2, 0.25) is 0 Å². The highest BCUT2D eigenvalue weighted by Crippen LogP contribution is 2.26. The predicted molar refractivity (Wildman–Crippen MR) is 111 cm³/mol. The zero-order chi connectivity index (χ0) is 19.3. The molecule has 28 heavy (non-hydrogen) atoms. The number of rotatable bonds is 5. The lowest BCUT2D eigenvalue weighted by Crippen LogP contribution is -2.40. The topological polar surface area (TPSA) is 71.3 Å². The Kier molecular flexibility index (Phi) is 5.71. The standard InChI is InChI=1S/C21H21BrN4O2/c22-18-9-5-4-8-17(18)14-23-19(27)15-10-12-26(13-11-15)21-25-24-20(28-21)16-6-2-1-3-7-16/h1-9,15H,10-14H2,(H,23,27). The number of amides is 1. The molecule has 1 aliphatic rings. The summed E-state index contributed by atoms with van der Waals surface area (Å²) < 4.78 is 6.83. The molecule has 7 heteroatoms. The first-order valence-electron chi connectivity index (χ1n) is 9.35. The molecule has 3 aromatic rings. The van der Waals surface area contributed by atoms with Crippen molar-refractivity contribution in [2.24, 2.45) is 5.92 Å². The van der Waals surface area contributed by atoms with Gasteiger partial charge in [-0.25, -0.2) is 0 Å². The van der Waals surface area contributed by atoms with E-state index in [1.807, 2.05) is 54.6 Å². The molecule has 2 heterocycles. The summed E-state index contributed by atoms with van der Waals surface area (Å²) in [4.78, 5) is 14.6. The fourth-order valence-electron chi connectivity index (χ4n) is 3.34. The van der Waals surface area contributed by atoms with E-state index in [9.17, 15) is 4.79 Å². The van der Waals surface area contributed by atoms with Gasteiger partial charge in [-0.2, -0.15) is 0 Å². The molecule has 2 aromatic carbocycles. The third-order valence-corrected chi connectivity index (χ3v) is 5.76. The van der Waals surface area contributed by atoms with Gasteiger partial charge in [-0.3, -0.25) is 4.79 Å². The molecule has 1 amide bonds. The highest BCUT2D eigenvalue weighted by molar-refractivity contribution is 9.10. The maximum absolute atomic E-state index is 12.5. The van der Waals surface area contributed by atoms with E-state index in [1.165, 1.54) is 0 Å². The van der Waals surface area contributed by atoms with Crippen LogP contribution in [0.25, 0.3) is 11.5 Å². The zero-order valence-electron chi connectivity index (χ0n) is 15.3. The number of anilines is 1. The number of hydrogen-bond acceptors (Lipinski definition) is 5. The predicted octanol–water partition coefficient (Wildman–Crippen LogP) is 4.03. The maximum Gasteiger partial charge on any atom is 0.318 e. The van der Waals surface area contributed by atoms with Gasteiger partial charge >= 0.3 is 6.01 Å². The molecular weight excluding hydrogens is 420 g/mol. The number of aromatic nitrogens is 2. The second kappa shape index (κ2) is 8.56. The molecule has 1 aliphatic heterocycles. The maximum atomic E-state index is 12.5. The average Bonchev–Trinajstić information content (AvgIpc) is 3.24. The summed E-state index contributed by atoms with van der Waals surface area (Å²) in [6.45, 7) is 1.98. The van der Waals surface area contributed by atoms with Crippen molar-refractivity contribution in [2.45, 2.75) is 19.4 Å². The van der Waals surface area contributed by atoms with Crippen LogP contribution >= 0.6 is 15.9 Å². The Morgan fingerprint density at radius 3 is 2.54 bits per heavy atom. The summed E-state index contributed by atoms with van der Waals surface area (Å²) in [7, 11) is 0. The van der Waals surface area contributed by atoms with Gasteiger partial charge in [0.15, 0.2) is 0 Å². The summed E-state index contributed by atoms with van der Waals surface area (Å²) in [5, 5.41) is 11.4. The molecule has 1 aromatic heterocycles.